The zero-order valence-corrected chi connectivity index (χ0v) is 20.1. The fraction of sp³-hybridized carbons (Fsp3) is 0.474. The summed E-state index contributed by atoms with van der Waals surface area (Å²) in [6, 6.07) is -0.922. The lowest BCUT2D eigenvalue weighted by atomic mass is 10.1. The molecule has 190 valence electrons. The Morgan fingerprint density at radius 3 is 2.57 bits per heavy atom. The topological polar surface area (TPSA) is 126 Å². The Morgan fingerprint density at radius 2 is 2.00 bits per heavy atom. The smallest absolute Gasteiger partial charge is 0.386 e. The maximum atomic E-state index is 15.0. The van der Waals surface area contributed by atoms with Crippen LogP contribution in [0.15, 0.2) is 29.7 Å². The van der Waals surface area contributed by atoms with Crippen LogP contribution in [0.5, 0.6) is 0 Å². The number of rotatable bonds is 6. The Balaban J connectivity index is 1.54. The van der Waals surface area contributed by atoms with Gasteiger partial charge in [0.2, 0.25) is 16.0 Å². The number of aliphatic hydroxyl groups is 1. The number of aryl methyl sites for hydroxylation is 1. The molecule has 0 amide bonds. The van der Waals surface area contributed by atoms with Crippen molar-refractivity contribution >= 4 is 27.3 Å². The first kappa shape index (κ1) is 25.4. The third kappa shape index (κ3) is 5.29. The summed E-state index contributed by atoms with van der Waals surface area (Å²) in [5.41, 5.74) is -1.55. The van der Waals surface area contributed by atoms with Gasteiger partial charge in [0, 0.05) is 38.7 Å². The van der Waals surface area contributed by atoms with Gasteiger partial charge in [0.15, 0.2) is 0 Å². The van der Waals surface area contributed by atoms with Gasteiger partial charge in [-0.3, -0.25) is 4.68 Å². The van der Waals surface area contributed by atoms with Crippen molar-refractivity contribution in [2.45, 2.75) is 42.7 Å². The first-order valence-corrected chi connectivity index (χ1v) is 12.6. The van der Waals surface area contributed by atoms with Crippen LogP contribution in [-0.4, -0.2) is 67.9 Å². The molecule has 0 radical (unpaired) electrons. The number of piperidine rings is 1. The normalized spacial score (nSPS) is 20.7. The SMILES string of the molecule is CC(O)c1ncc(-c2nc(N[C@H]3CCN(S(=O)(=O)c4cnn(C)c4)C[C@@H]3F)ncc2C(F)(F)F)s1. The van der Waals surface area contributed by atoms with Gasteiger partial charge in [0.1, 0.15) is 27.7 Å². The Hall–Kier alpha value is -2.69. The van der Waals surface area contributed by atoms with Crippen LogP contribution in [0.2, 0.25) is 0 Å². The lowest BCUT2D eigenvalue weighted by Gasteiger charge is -2.34. The summed E-state index contributed by atoms with van der Waals surface area (Å²) in [4.78, 5) is 11.6. The Bertz CT molecular complexity index is 1310. The molecule has 3 aromatic rings. The molecule has 35 heavy (non-hydrogen) atoms. The summed E-state index contributed by atoms with van der Waals surface area (Å²) in [6.07, 6.45) is -3.10. The zero-order valence-electron chi connectivity index (χ0n) is 18.4. The highest BCUT2D eigenvalue weighted by Gasteiger charge is 2.38. The highest BCUT2D eigenvalue weighted by Crippen LogP contribution is 2.39. The molecule has 2 N–H and O–H groups in total. The average molecular weight is 536 g/mol. The summed E-state index contributed by atoms with van der Waals surface area (Å²) in [6.45, 7) is 0.965. The number of aliphatic hydroxyl groups excluding tert-OH is 1. The number of hydrogen-bond acceptors (Lipinski definition) is 9. The van der Waals surface area contributed by atoms with Crippen LogP contribution in [0.4, 0.5) is 23.5 Å². The molecule has 0 spiro atoms. The standard InChI is InChI=1S/C19H21F4N7O3S2/c1-10(31)17-24-7-15(34-17)16-12(19(21,22)23)6-25-18(28-16)27-14-3-4-30(9-13(14)20)35(32,33)11-5-26-29(2)8-11/h5-8,10,13-14,31H,3-4,9H2,1-2H3,(H,25,27,28)/t10?,13-,14-/m0/s1. The van der Waals surface area contributed by atoms with Crippen LogP contribution in [0.25, 0.3) is 10.6 Å². The molecule has 1 fully saturated rings. The maximum Gasteiger partial charge on any atom is 0.420 e. The van der Waals surface area contributed by atoms with Crippen LogP contribution >= 0.6 is 11.3 Å². The molecule has 1 unspecified atom stereocenters. The molecule has 1 saturated heterocycles. The largest absolute Gasteiger partial charge is 0.420 e. The molecule has 4 heterocycles. The average Bonchev–Trinajstić information content (AvgIpc) is 3.44. The van der Waals surface area contributed by atoms with Crippen molar-refractivity contribution in [3.05, 3.63) is 35.4 Å². The second kappa shape index (κ2) is 9.40. The monoisotopic (exact) mass is 535 g/mol. The zero-order chi connectivity index (χ0) is 25.5. The van der Waals surface area contributed by atoms with Gasteiger partial charge in [-0.1, -0.05) is 0 Å². The van der Waals surface area contributed by atoms with E-state index < -0.39 is 52.3 Å². The van der Waals surface area contributed by atoms with Crippen molar-refractivity contribution < 1.29 is 31.1 Å². The lowest BCUT2D eigenvalue weighted by molar-refractivity contribution is -0.137. The van der Waals surface area contributed by atoms with E-state index in [9.17, 15) is 31.1 Å². The van der Waals surface area contributed by atoms with Crippen LogP contribution in [0, 0.1) is 0 Å². The summed E-state index contributed by atoms with van der Waals surface area (Å²) in [5, 5.41) is 16.4. The number of nitrogens with zero attached hydrogens (tertiary/aromatic N) is 6. The predicted molar refractivity (Wildman–Crippen MR) is 118 cm³/mol. The summed E-state index contributed by atoms with van der Waals surface area (Å²) < 4.78 is 83.4. The van der Waals surface area contributed by atoms with Crippen LogP contribution in [0.3, 0.4) is 0 Å². The Labute approximate surface area is 201 Å². The highest BCUT2D eigenvalue weighted by molar-refractivity contribution is 7.89. The Kier molecular flexibility index (Phi) is 6.82. The molecule has 16 heteroatoms. The summed E-state index contributed by atoms with van der Waals surface area (Å²) >= 11 is 0.849. The lowest BCUT2D eigenvalue weighted by Crippen LogP contribution is -2.50. The van der Waals surface area contributed by atoms with Crippen molar-refractivity contribution in [1.82, 2.24) is 29.0 Å². The highest BCUT2D eigenvalue weighted by atomic mass is 32.2. The number of thiazole rings is 1. The first-order valence-electron chi connectivity index (χ1n) is 10.3. The number of nitrogens with one attached hydrogen (secondary N) is 1. The first-order chi connectivity index (χ1) is 16.4. The van der Waals surface area contributed by atoms with Gasteiger partial charge in [-0.25, -0.2) is 27.8 Å². The van der Waals surface area contributed by atoms with E-state index >= 15 is 0 Å². The minimum atomic E-state index is -4.75. The minimum absolute atomic E-state index is 0.0185. The molecular formula is C19H21F4N7O3S2. The maximum absolute atomic E-state index is 15.0. The minimum Gasteiger partial charge on any atom is -0.386 e. The fourth-order valence-electron chi connectivity index (χ4n) is 3.54. The van der Waals surface area contributed by atoms with Gasteiger partial charge < -0.3 is 10.4 Å². The van der Waals surface area contributed by atoms with Crippen LogP contribution < -0.4 is 5.32 Å². The molecule has 3 atom stereocenters. The van der Waals surface area contributed by atoms with Crippen molar-refractivity contribution in [1.29, 1.82) is 0 Å². The van der Waals surface area contributed by atoms with Gasteiger partial charge in [0.05, 0.1) is 22.8 Å². The molecule has 10 nitrogen and oxygen atoms in total. The summed E-state index contributed by atoms with van der Waals surface area (Å²) in [7, 11) is -2.38. The number of anilines is 1. The number of alkyl halides is 4. The molecule has 0 bridgehead atoms. The van der Waals surface area contributed by atoms with Crippen molar-refractivity contribution in [3.8, 4) is 10.6 Å². The molecule has 0 aromatic carbocycles. The van der Waals surface area contributed by atoms with Gasteiger partial charge in [-0.05, 0) is 13.3 Å². The van der Waals surface area contributed by atoms with Gasteiger partial charge in [0.25, 0.3) is 0 Å². The van der Waals surface area contributed by atoms with Crippen molar-refractivity contribution in [3.63, 3.8) is 0 Å². The van der Waals surface area contributed by atoms with Crippen LogP contribution in [-0.2, 0) is 23.2 Å². The van der Waals surface area contributed by atoms with Gasteiger partial charge >= 0.3 is 6.18 Å². The molecule has 3 aromatic heterocycles. The van der Waals surface area contributed by atoms with Crippen molar-refractivity contribution in [2.24, 2.45) is 7.05 Å². The van der Waals surface area contributed by atoms with E-state index in [1.807, 2.05) is 0 Å². The van der Waals surface area contributed by atoms with E-state index in [-0.39, 0.29) is 33.7 Å². The molecule has 1 aliphatic heterocycles. The predicted octanol–water partition coefficient (Wildman–Crippen LogP) is 2.62. The molecule has 0 saturated carbocycles. The number of sulfonamides is 1. The molecule has 1 aliphatic rings. The third-order valence-electron chi connectivity index (χ3n) is 5.35. The van der Waals surface area contributed by atoms with Crippen molar-refractivity contribution in [2.75, 3.05) is 18.4 Å². The number of halogens is 4. The van der Waals surface area contributed by atoms with E-state index in [4.69, 9.17) is 0 Å². The van der Waals surface area contributed by atoms with E-state index in [0.717, 1.165) is 15.6 Å². The second-order valence-corrected chi connectivity index (χ2v) is 11.0. The fourth-order valence-corrected chi connectivity index (χ4v) is 5.85. The van der Waals surface area contributed by atoms with E-state index in [1.54, 1.807) is 7.05 Å². The molecule has 4 rings (SSSR count). The third-order valence-corrected chi connectivity index (χ3v) is 8.34. The van der Waals surface area contributed by atoms with E-state index in [0.29, 0.717) is 6.20 Å². The van der Waals surface area contributed by atoms with E-state index in [1.165, 1.54) is 30.2 Å². The number of hydrogen-bond donors (Lipinski definition) is 2. The quantitative estimate of drug-likeness (QED) is 0.462. The Morgan fingerprint density at radius 1 is 1.26 bits per heavy atom. The van der Waals surface area contributed by atoms with E-state index in [2.05, 4.69) is 25.4 Å². The van der Waals surface area contributed by atoms with Crippen LogP contribution in [0.1, 0.15) is 30.0 Å². The molecular weight excluding hydrogens is 514 g/mol. The second-order valence-electron chi connectivity index (χ2n) is 7.96. The number of aromatic nitrogens is 5. The summed E-state index contributed by atoms with van der Waals surface area (Å²) in [5.74, 6) is -0.240. The van der Waals surface area contributed by atoms with Gasteiger partial charge in [-0.15, -0.1) is 11.3 Å². The van der Waals surface area contributed by atoms with Gasteiger partial charge in [-0.2, -0.15) is 22.6 Å². The molecule has 0 aliphatic carbocycles.